The van der Waals surface area contributed by atoms with Gasteiger partial charge in [-0.1, -0.05) is 338 Å². The van der Waals surface area contributed by atoms with E-state index in [1.165, 1.54) is 38.7 Å². The largest absolute Gasteiger partial charge is 0.455 e. The van der Waals surface area contributed by atoms with Crippen LogP contribution in [0.4, 0.5) is 39.8 Å². The first kappa shape index (κ1) is 79.5. The van der Waals surface area contributed by atoms with Crippen LogP contribution in [0.2, 0.25) is 0 Å². The van der Waals surface area contributed by atoms with Crippen LogP contribution in [0.1, 0.15) is 105 Å². The molecule has 0 saturated heterocycles. The number of fused-ring (bicyclic) bond motifs is 21. The second kappa shape index (κ2) is 29.2. The normalized spacial score (nSPS) is 13.1. The molecule has 2 aliphatic rings. The van der Waals surface area contributed by atoms with E-state index in [4.69, 9.17) is 15.4 Å². The Bertz CT molecular complexity index is 8840. The van der Waals surface area contributed by atoms with Crippen molar-refractivity contribution in [1.29, 1.82) is 0 Å². The van der Waals surface area contributed by atoms with Crippen LogP contribution < -0.4 is 26.2 Å². The molecule has 0 fully saturated rings. The van der Waals surface area contributed by atoms with Crippen molar-refractivity contribution in [3.8, 4) is 83.6 Å². The molecule has 5 aromatic heterocycles. The number of anilines is 6. The summed E-state index contributed by atoms with van der Waals surface area (Å²) in [4.78, 5) is 9.70. The molecule has 0 N–H and O–H groups in total. The van der Waals surface area contributed by atoms with E-state index in [0.717, 1.165) is 221 Å². The second-order valence-electron chi connectivity index (χ2n) is 41.0. The summed E-state index contributed by atoms with van der Waals surface area (Å²) in [7, 11) is 0. The molecule has 2 aliphatic heterocycles. The fourth-order valence-corrected chi connectivity index (χ4v) is 22.1. The van der Waals surface area contributed by atoms with Gasteiger partial charge in [0.1, 0.15) is 22.3 Å². The van der Waals surface area contributed by atoms with E-state index in [1.807, 2.05) is 6.07 Å². The summed E-state index contributed by atoms with van der Waals surface area (Å²) in [6.07, 6.45) is 0. The first-order valence-corrected chi connectivity index (χ1v) is 46.7. The predicted octanol–water partition coefficient (Wildman–Crippen LogP) is 33.2. The molecule has 8 heteroatoms. The van der Waals surface area contributed by atoms with Gasteiger partial charge in [0.05, 0.1) is 56.9 Å². The topological polar surface area (TPSA) is 46.5 Å². The third kappa shape index (κ3) is 12.2. The van der Waals surface area contributed by atoms with Gasteiger partial charge in [0, 0.05) is 98.9 Å². The van der Waals surface area contributed by atoms with Crippen molar-refractivity contribution in [3.63, 3.8) is 0 Å². The second-order valence-corrected chi connectivity index (χ2v) is 41.0. The minimum atomic E-state index is -0.446. The Hall–Kier alpha value is -15.7. The molecule has 23 aromatic rings. The van der Waals surface area contributed by atoms with Gasteiger partial charge in [0.15, 0.2) is 5.69 Å². The van der Waals surface area contributed by atoms with Crippen LogP contribution in [-0.4, -0.2) is 15.7 Å². The van der Waals surface area contributed by atoms with Crippen molar-refractivity contribution in [2.24, 2.45) is 0 Å². The highest BCUT2D eigenvalue weighted by Crippen LogP contribution is 2.61. The van der Waals surface area contributed by atoms with Crippen LogP contribution in [0.3, 0.4) is 0 Å². The maximum atomic E-state index is 8.46. The molecule has 0 saturated carbocycles. The fraction of sp³-hybridized carbons (Fsp3) is 0.128. The van der Waals surface area contributed by atoms with Gasteiger partial charge in [-0.05, 0) is 219 Å². The molecule has 18 aromatic carbocycles. The van der Waals surface area contributed by atoms with Crippen molar-refractivity contribution in [3.05, 3.63) is 398 Å². The lowest BCUT2D eigenvalue weighted by Gasteiger charge is -2.46. The van der Waals surface area contributed by atoms with Crippen molar-refractivity contribution in [2.45, 2.75) is 105 Å². The number of hydrogen-bond donors (Lipinski definition) is 0. The van der Waals surface area contributed by atoms with Crippen LogP contribution >= 0.6 is 0 Å². The Labute approximate surface area is 774 Å². The predicted molar refractivity (Wildman–Crippen MR) is 563 cm³/mol. The van der Waals surface area contributed by atoms with Gasteiger partial charge in [0.25, 0.3) is 6.71 Å². The van der Waals surface area contributed by atoms with Crippen LogP contribution in [-0.2, 0) is 21.7 Å². The van der Waals surface area contributed by atoms with E-state index in [1.54, 1.807) is 0 Å². The molecule has 0 amide bonds. The summed E-state index contributed by atoms with van der Waals surface area (Å²) in [6, 6.07) is 138. The Kier molecular flexibility index (Phi) is 17.4. The van der Waals surface area contributed by atoms with E-state index < -0.39 is 6.71 Å². The summed E-state index contributed by atoms with van der Waals surface area (Å²) in [6.45, 7) is 36.4. The van der Waals surface area contributed by atoms with E-state index in [0.29, 0.717) is 5.69 Å². The maximum Gasteiger partial charge on any atom is 0.252 e. The highest BCUT2D eigenvalue weighted by molar-refractivity contribution is 7.01. The summed E-state index contributed by atoms with van der Waals surface area (Å²) >= 11 is 0. The van der Waals surface area contributed by atoms with Crippen molar-refractivity contribution >= 4 is 167 Å². The Morgan fingerprint density at radius 1 is 0.271 bits per heavy atom. The highest BCUT2D eigenvalue weighted by Gasteiger charge is 2.49. The third-order valence-electron chi connectivity index (χ3n) is 28.8. The quantitative estimate of drug-likeness (QED) is 0.101. The average Bonchev–Trinajstić information content (AvgIpc) is 1.40. The number of rotatable bonds is 10. The molecular formula is C125H96BN5O2. The Morgan fingerprint density at radius 3 is 1.11 bits per heavy atom. The van der Waals surface area contributed by atoms with Crippen LogP contribution in [0, 0.1) is 6.57 Å². The van der Waals surface area contributed by atoms with Crippen molar-refractivity contribution in [2.75, 3.05) is 9.80 Å². The third-order valence-corrected chi connectivity index (χ3v) is 28.8. The van der Waals surface area contributed by atoms with Crippen LogP contribution in [0.15, 0.2) is 373 Å². The molecule has 0 radical (unpaired) electrons. The fourth-order valence-electron chi connectivity index (χ4n) is 22.1. The molecule has 0 aliphatic carbocycles. The zero-order valence-electron chi connectivity index (χ0n) is 76.8. The summed E-state index contributed by atoms with van der Waals surface area (Å²) in [5.41, 5.74) is 39.2. The van der Waals surface area contributed by atoms with E-state index in [-0.39, 0.29) is 21.7 Å². The summed E-state index contributed by atoms with van der Waals surface area (Å²) in [5, 5.41) is 10.9. The molecule has 0 unspecified atom stereocenters. The minimum absolute atomic E-state index is 0.185. The number of aromatic nitrogens is 2. The van der Waals surface area contributed by atoms with Gasteiger partial charge in [-0.3, -0.25) is 0 Å². The molecule has 636 valence electrons. The Morgan fingerprint density at radius 2 is 0.654 bits per heavy atom. The number of para-hydroxylation sites is 5. The van der Waals surface area contributed by atoms with E-state index >= 15 is 0 Å². The average molecular weight is 1710 g/mol. The first-order chi connectivity index (χ1) is 64.5. The Balaban J connectivity index is 0.925. The van der Waals surface area contributed by atoms with Gasteiger partial charge in [-0.15, -0.1) is 0 Å². The lowest BCUT2D eigenvalue weighted by molar-refractivity contribution is 0.569. The zero-order valence-corrected chi connectivity index (χ0v) is 76.8. The van der Waals surface area contributed by atoms with Crippen molar-refractivity contribution < 1.29 is 8.83 Å². The summed E-state index contributed by atoms with van der Waals surface area (Å²) < 4.78 is 19.5. The smallest absolute Gasteiger partial charge is 0.252 e. The molecule has 133 heavy (non-hydrogen) atoms. The molecule has 25 rings (SSSR count). The standard InChI is InChI=1S/C125H96BN5O2/c1-122(2,3)82-60-79(61-83(67-82)123(4,5)6)78-54-57-102-108(66-78)130(115-93(74-36-18-14-19-37-74)68-84(124(7,8)9)70-95(115)80-62-97(76-40-22-16-23-41-76)120-100(64-80)89-45-29-34-52-110(89)132-120)118-112-91-47-27-32-50-105(91)129-106-51-33-28-48-92(106)113(117(112)129)119-114(118)126(102)103-58-56-87(128-104-49-31-26-44-88(104)99-72-86(127-13)55-59-107(99)128)73-109(103)131(119)116-94(75-38-20-15-21-39-75)69-85(125(10,11)12)71-96(116)81-63-98(77-42-24-17-25-43-77)121-101(65-81)90-46-30-35-53-111(90)133-121/h14-73H,1-12H3. The SMILES string of the molecule is [C-]#[N+]c1ccc2c(c1)c1ccccc1n2-c1ccc2c(c1)N(c1c(-c3ccccc3)cc(C(C)(C)C)cc1-c1cc(-c3ccccc3)c3oc4ccccc4c3c1)c1c3c(c4c5ccccc5n5c6ccccc6c1c45)N(c1c(-c4ccccc4)cc(C(C)(C)C)cc1-c1cc(-c4ccccc4)c4oc5ccccc5c4c1)c1cc(-c4cc(C(C)(C)C)cc(C(C)(C)C)c4)ccc1B23. The molecule has 0 atom stereocenters. The molecule has 7 nitrogen and oxygen atoms in total. The first-order valence-electron chi connectivity index (χ1n) is 46.7. The molecular weight excluding hydrogens is 1610 g/mol. The van der Waals surface area contributed by atoms with Gasteiger partial charge < -0.3 is 27.6 Å². The van der Waals surface area contributed by atoms with Crippen LogP contribution in [0.5, 0.6) is 0 Å². The number of benzene rings is 18. The summed E-state index contributed by atoms with van der Waals surface area (Å²) in [5.74, 6) is 0. The maximum absolute atomic E-state index is 8.46. The van der Waals surface area contributed by atoms with E-state index in [2.05, 4.69) is 465 Å². The lowest BCUT2D eigenvalue weighted by atomic mass is 9.33. The number of nitrogens with zero attached hydrogens (tertiary/aromatic N) is 5. The van der Waals surface area contributed by atoms with Gasteiger partial charge in [-0.25, -0.2) is 4.85 Å². The minimum Gasteiger partial charge on any atom is -0.455 e. The van der Waals surface area contributed by atoms with Gasteiger partial charge in [0.2, 0.25) is 0 Å². The van der Waals surface area contributed by atoms with Crippen LogP contribution in [0.25, 0.3) is 192 Å². The molecule has 7 heterocycles. The number of hydrogen-bond acceptors (Lipinski definition) is 4. The molecule has 0 spiro atoms. The molecule has 0 bridgehead atoms. The van der Waals surface area contributed by atoms with E-state index in [9.17, 15) is 0 Å². The monoisotopic (exact) mass is 1710 g/mol. The highest BCUT2D eigenvalue weighted by atomic mass is 16.3. The zero-order chi connectivity index (χ0) is 90.1. The van der Waals surface area contributed by atoms with Gasteiger partial charge in [-0.2, -0.15) is 0 Å². The van der Waals surface area contributed by atoms with Crippen molar-refractivity contribution in [1.82, 2.24) is 8.97 Å². The van der Waals surface area contributed by atoms with Gasteiger partial charge >= 0.3 is 0 Å². The lowest BCUT2D eigenvalue weighted by Crippen LogP contribution is -2.61. The number of furan rings is 2.